The Morgan fingerprint density at radius 3 is 2.67 bits per heavy atom. The average molecular weight is 297 g/mol. The second-order valence-electron chi connectivity index (χ2n) is 6.00. The predicted octanol–water partition coefficient (Wildman–Crippen LogP) is -0.360. The van der Waals surface area contributed by atoms with E-state index in [2.05, 4.69) is 5.32 Å². The maximum absolute atomic E-state index is 12.5. The summed E-state index contributed by atoms with van der Waals surface area (Å²) in [4.78, 5) is 49.3. The van der Waals surface area contributed by atoms with Crippen LogP contribution in [0.25, 0.3) is 0 Å². The standard InChI is InChI=1S/C13H19N3O5/c1-13(2)11(20)14-9(17)7-16(13)12(21)15-4-3-8(6-15)5-10(18)19/h8H,3-7H2,1-2H3,(H,18,19)(H,14,17,20). The summed E-state index contributed by atoms with van der Waals surface area (Å²) in [6, 6.07) is -0.393. The molecule has 2 rings (SSSR count). The highest BCUT2D eigenvalue weighted by Gasteiger charge is 2.45. The Kier molecular flexibility index (Phi) is 3.89. The van der Waals surface area contributed by atoms with E-state index in [1.807, 2.05) is 0 Å². The smallest absolute Gasteiger partial charge is 0.321 e. The molecule has 0 bridgehead atoms. The highest BCUT2D eigenvalue weighted by Crippen LogP contribution is 2.25. The molecule has 2 N–H and O–H groups in total. The van der Waals surface area contributed by atoms with Crippen LogP contribution in [0.15, 0.2) is 0 Å². The van der Waals surface area contributed by atoms with Gasteiger partial charge in [0.15, 0.2) is 0 Å². The normalized spacial score (nSPS) is 25.0. The summed E-state index contributed by atoms with van der Waals surface area (Å²) in [7, 11) is 0. The number of piperazine rings is 1. The summed E-state index contributed by atoms with van der Waals surface area (Å²) in [5.74, 6) is -1.98. The first-order valence-electron chi connectivity index (χ1n) is 6.84. The molecule has 8 heteroatoms. The fourth-order valence-corrected chi connectivity index (χ4v) is 2.68. The van der Waals surface area contributed by atoms with Gasteiger partial charge in [0.25, 0.3) is 5.91 Å². The van der Waals surface area contributed by atoms with E-state index in [4.69, 9.17) is 5.11 Å². The molecule has 2 heterocycles. The Morgan fingerprint density at radius 1 is 1.38 bits per heavy atom. The number of hydrogen-bond donors (Lipinski definition) is 2. The number of imide groups is 1. The summed E-state index contributed by atoms with van der Waals surface area (Å²) in [6.45, 7) is 3.78. The van der Waals surface area contributed by atoms with Crippen molar-refractivity contribution in [2.75, 3.05) is 19.6 Å². The molecule has 2 saturated heterocycles. The van der Waals surface area contributed by atoms with Gasteiger partial charge in [-0.25, -0.2) is 4.79 Å². The van der Waals surface area contributed by atoms with Crippen molar-refractivity contribution in [1.82, 2.24) is 15.1 Å². The second-order valence-corrected chi connectivity index (χ2v) is 6.00. The van der Waals surface area contributed by atoms with Gasteiger partial charge >= 0.3 is 12.0 Å². The first-order chi connectivity index (χ1) is 9.71. The molecule has 1 unspecified atom stereocenters. The Balaban J connectivity index is 2.07. The van der Waals surface area contributed by atoms with Crippen LogP contribution in [-0.2, 0) is 14.4 Å². The number of carboxylic acid groups (broad SMARTS) is 1. The van der Waals surface area contributed by atoms with Crippen LogP contribution in [0, 0.1) is 5.92 Å². The van der Waals surface area contributed by atoms with Crippen molar-refractivity contribution in [2.45, 2.75) is 32.2 Å². The van der Waals surface area contributed by atoms with Gasteiger partial charge in [0.05, 0.1) is 0 Å². The van der Waals surface area contributed by atoms with Crippen LogP contribution in [0.5, 0.6) is 0 Å². The highest BCUT2D eigenvalue weighted by molar-refractivity contribution is 6.06. The second kappa shape index (κ2) is 5.34. The van der Waals surface area contributed by atoms with E-state index in [1.165, 1.54) is 9.80 Å². The molecule has 1 atom stereocenters. The number of carboxylic acids is 1. The number of nitrogens with zero attached hydrogens (tertiary/aromatic N) is 2. The van der Waals surface area contributed by atoms with Crippen molar-refractivity contribution in [2.24, 2.45) is 5.92 Å². The minimum Gasteiger partial charge on any atom is -0.481 e. The molecule has 2 aliphatic rings. The molecule has 0 aromatic heterocycles. The SMILES string of the molecule is CC1(C)C(=O)NC(=O)CN1C(=O)N1CCC(CC(=O)O)C1. The number of rotatable bonds is 2. The lowest BCUT2D eigenvalue weighted by molar-refractivity contribution is -0.143. The molecule has 0 spiro atoms. The molecule has 0 aromatic carbocycles. The average Bonchev–Trinajstić information content (AvgIpc) is 2.81. The third-order valence-electron chi connectivity index (χ3n) is 4.04. The lowest BCUT2D eigenvalue weighted by Gasteiger charge is -2.41. The topological polar surface area (TPSA) is 107 Å². The molecule has 0 aromatic rings. The number of carbonyl (C=O) groups is 4. The molecular weight excluding hydrogens is 278 g/mol. The third kappa shape index (κ3) is 2.98. The lowest BCUT2D eigenvalue weighted by Crippen LogP contribution is -2.67. The van der Waals surface area contributed by atoms with Crippen molar-refractivity contribution in [1.29, 1.82) is 0 Å². The summed E-state index contributed by atoms with van der Waals surface area (Å²) in [5, 5.41) is 11.0. The van der Waals surface area contributed by atoms with Crippen molar-refractivity contribution in [3.63, 3.8) is 0 Å². The van der Waals surface area contributed by atoms with E-state index in [0.29, 0.717) is 19.5 Å². The first kappa shape index (κ1) is 15.3. The summed E-state index contributed by atoms with van der Waals surface area (Å²) in [5.41, 5.74) is -1.10. The molecular formula is C13H19N3O5. The number of likely N-dealkylation sites (tertiary alicyclic amines) is 1. The zero-order valence-corrected chi connectivity index (χ0v) is 12.1. The van der Waals surface area contributed by atoms with E-state index in [9.17, 15) is 19.2 Å². The van der Waals surface area contributed by atoms with Crippen LogP contribution >= 0.6 is 0 Å². The molecule has 0 aliphatic carbocycles. The number of aliphatic carboxylic acids is 1. The van der Waals surface area contributed by atoms with E-state index in [0.717, 1.165) is 0 Å². The maximum atomic E-state index is 12.5. The van der Waals surface area contributed by atoms with Crippen molar-refractivity contribution in [3.05, 3.63) is 0 Å². The molecule has 0 saturated carbocycles. The van der Waals surface area contributed by atoms with Gasteiger partial charge in [0.1, 0.15) is 12.1 Å². The number of urea groups is 1. The summed E-state index contributed by atoms with van der Waals surface area (Å²) >= 11 is 0. The summed E-state index contributed by atoms with van der Waals surface area (Å²) in [6.07, 6.45) is 0.638. The maximum Gasteiger partial charge on any atom is 0.321 e. The van der Waals surface area contributed by atoms with Crippen LogP contribution < -0.4 is 5.32 Å². The Morgan fingerprint density at radius 2 is 2.05 bits per heavy atom. The van der Waals surface area contributed by atoms with Crippen LogP contribution in [0.2, 0.25) is 0 Å². The van der Waals surface area contributed by atoms with Gasteiger partial charge in [-0.2, -0.15) is 0 Å². The van der Waals surface area contributed by atoms with Gasteiger partial charge in [0.2, 0.25) is 5.91 Å². The van der Waals surface area contributed by atoms with Gasteiger partial charge in [0, 0.05) is 19.5 Å². The van der Waals surface area contributed by atoms with E-state index in [-0.39, 0.29) is 18.9 Å². The van der Waals surface area contributed by atoms with Crippen molar-refractivity contribution in [3.8, 4) is 0 Å². The van der Waals surface area contributed by atoms with Gasteiger partial charge in [-0.05, 0) is 26.2 Å². The zero-order chi connectivity index (χ0) is 15.8. The first-order valence-corrected chi connectivity index (χ1v) is 6.84. The number of hydrogen-bond acceptors (Lipinski definition) is 4. The molecule has 2 fully saturated rings. The van der Waals surface area contributed by atoms with E-state index in [1.54, 1.807) is 13.8 Å². The quantitative estimate of drug-likeness (QED) is 0.677. The largest absolute Gasteiger partial charge is 0.481 e. The van der Waals surface area contributed by atoms with Crippen LogP contribution in [0.1, 0.15) is 26.7 Å². The van der Waals surface area contributed by atoms with Gasteiger partial charge in [-0.1, -0.05) is 0 Å². The highest BCUT2D eigenvalue weighted by atomic mass is 16.4. The lowest BCUT2D eigenvalue weighted by atomic mass is 9.99. The number of nitrogens with one attached hydrogen (secondary N) is 1. The molecule has 21 heavy (non-hydrogen) atoms. The van der Waals surface area contributed by atoms with Crippen molar-refractivity contribution < 1.29 is 24.3 Å². The monoisotopic (exact) mass is 297 g/mol. The molecule has 116 valence electrons. The van der Waals surface area contributed by atoms with Gasteiger partial charge < -0.3 is 14.9 Å². The molecule has 8 nitrogen and oxygen atoms in total. The minimum atomic E-state index is -1.10. The van der Waals surface area contributed by atoms with E-state index < -0.39 is 29.4 Å². The minimum absolute atomic E-state index is 0.0204. The number of amides is 4. The van der Waals surface area contributed by atoms with Gasteiger partial charge in [-0.15, -0.1) is 0 Å². The Labute approximate surface area is 122 Å². The van der Waals surface area contributed by atoms with Crippen LogP contribution in [-0.4, -0.2) is 63.9 Å². The Hall–Kier alpha value is -2.12. The molecule has 4 amide bonds. The van der Waals surface area contributed by atoms with Crippen molar-refractivity contribution >= 4 is 23.8 Å². The third-order valence-corrected chi connectivity index (χ3v) is 4.04. The fourth-order valence-electron chi connectivity index (χ4n) is 2.68. The van der Waals surface area contributed by atoms with Gasteiger partial charge in [-0.3, -0.25) is 19.7 Å². The fraction of sp³-hybridized carbons (Fsp3) is 0.692. The Bertz CT molecular complexity index is 502. The molecule has 2 aliphatic heterocycles. The summed E-state index contributed by atoms with van der Waals surface area (Å²) < 4.78 is 0. The number of carbonyl (C=O) groups excluding carboxylic acids is 3. The predicted molar refractivity (Wildman–Crippen MR) is 71.3 cm³/mol. The van der Waals surface area contributed by atoms with E-state index >= 15 is 0 Å². The van der Waals surface area contributed by atoms with Crippen LogP contribution in [0.4, 0.5) is 4.79 Å². The van der Waals surface area contributed by atoms with Crippen LogP contribution in [0.3, 0.4) is 0 Å². The zero-order valence-electron chi connectivity index (χ0n) is 12.1. The molecule has 0 radical (unpaired) electrons.